The normalized spacial score (nSPS) is 12.5. The Bertz CT molecular complexity index is 888. The van der Waals surface area contributed by atoms with Gasteiger partial charge in [-0.15, -0.1) is 0 Å². The topological polar surface area (TPSA) is 84.5 Å². The number of carbonyl (C=O) groups excluding carboxylic acids is 1. The van der Waals surface area contributed by atoms with Gasteiger partial charge in [0.25, 0.3) is 5.91 Å². The molecule has 2 N–H and O–H groups in total. The van der Waals surface area contributed by atoms with Crippen molar-refractivity contribution in [1.29, 1.82) is 0 Å². The summed E-state index contributed by atoms with van der Waals surface area (Å²) in [6.07, 6.45) is 0.878. The first kappa shape index (κ1) is 22.5. The zero-order chi connectivity index (χ0) is 20.6. The largest absolute Gasteiger partial charge is 0.383 e. The van der Waals surface area contributed by atoms with E-state index in [1.165, 1.54) is 19.2 Å². The number of nitrogens with one attached hydrogen (secondary N) is 2. The van der Waals surface area contributed by atoms with E-state index >= 15 is 0 Å². The van der Waals surface area contributed by atoms with Gasteiger partial charge < -0.3 is 10.1 Å². The first-order valence-corrected chi connectivity index (χ1v) is 11.3. The minimum absolute atomic E-state index is 0.0343. The van der Waals surface area contributed by atoms with Crippen LogP contribution in [-0.4, -0.2) is 41.1 Å². The van der Waals surface area contributed by atoms with Gasteiger partial charge in [-0.1, -0.05) is 37.3 Å². The van der Waals surface area contributed by atoms with Crippen LogP contribution in [0.4, 0.5) is 0 Å². The van der Waals surface area contributed by atoms with Crippen molar-refractivity contribution in [3.8, 4) is 0 Å². The van der Waals surface area contributed by atoms with Crippen molar-refractivity contribution < 1.29 is 17.9 Å². The summed E-state index contributed by atoms with van der Waals surface area (Å²) >= 11 is 3.33. The predicted molar refractivity (Wildman–Crippen MR) is 113 cm³/mol. The lowest BCUT2D eigenvalue weighted by Gasteiger charge is -2.17. The summed E-state index contributed by atoms with van der Waals surface area (Å²) in [7, 11) is -2.22. The van der Waals surface area contributed by atoms with Crippen LogP contribution in [-0.2, 0) is 14.8 Å². The molecule has 0 saturated heterocycles. The Labute approximate surface area is 174 Å². The van der Waals surface area contributed by atoms with Gasteiger partial charge in [-0.05, 0) is 46.1 Å². The van der Waals surface area contributed by atoms with Crippen LogP contribution in [0.15, 0.2) is 57.9 Å². The van der Waals surface area contributed by atoms with Crippen LogP contribution >= 0.6 is 15.9 Å². The highest BCUT2D eigenvalue weighted by atomic mass is 79.9. The lowest BCUT2D eigenvalue weighted by Crippen LogP contribution is -2.30. The maximum Gasteiger partial charge on any atom is 0.252 e. The smallest absolute Gasteiger partial charge is 0.252 e. The number of halogens is 1. The molecule has 0 aliphatic rings. The molecule has 6 nitrogen and oxygen atoms in total. The van der Waals surface area contributed by atoms with Crippen LogP contribution in [0.1, 0.15) is 35.2 Å². The van der Waals surface area contributed by atoms with E-state index in [2.05, 4.69) is 32.9 Å². The van der Waals surface area contributed by atoms with E-state index in [0.717, 1.165) is 12.0 Å². The second kappa shape index (κ2) is 10.7. The number of amides is 1. The third-order valence-corrected chi connectivity index (χ3v) is 6.51. The van der Waals surface area contributed by atoms with Crippen molar-refractivity contribution >= 4 is 31.9 Å². The predicted octanol–water partition coefficient (Wildman–Crippen LogP) is 3.30. The van der Waals surface area contributed by atoms with Crippen molar-refractivity contribution in [3.63, 3.8) is 0 Å². The number of carbonyl (C=O) groups is 1. The van der Waals surface area contributed by atoms with E-state index in [-0.39, 0.29) is 35.4 Å². The van der Waals surface area contributed by atoms with Crippen molar-refractivity contribution in [1.82, 2.24) is 10.0 Å². The molecule has 1 unspecified atom stereocenters. The number of ether oxygens (including phenoxy) is 1. The molecule has 0 radical (unpaired) electrons. The standard InChI is InChI=1S/C20H25BrN2O4S/c1-3-15(16-7-5-4-6-8-16)14-22-20(24)18-13-17(9-10-19(18)21)28(25,26)23-11-12-27-2/h4-10,13,15,23H,3,11-12,14H2,1-2H3,(H,22,24). The molecule has 0 bridgehead atoms. The average molecular weight is 469 g/mol. The van der Waals surface area contributed by atoms with Crippen molar-refractivity contribution in [3.05, 3.63) is 64.1 Å². The van der Waals surface area contributed by atoms with E-state index in [1.54, 1.807) is 6.07 Å². The SMILES string of the molecule is CCC(CNC(=O)c1cc(S(=O)(=O)NCCOC)ccc1Br)c1ccccc1. The summed E-state index contributed by atoms with van der Waals surface area (Å²) < 4.78 is 32.6. The zero-order valence-corrected chi connectivity index (χ0v) is 18.3. The molecule has 28 heavy (non-hydrogen) atoms. The molecular formula is C20H25BrN2O4S. The molecule has 1 amide bonds. The van der Waals surface area contributed by atoms with E-state index in [0.29, 0.717) is 11.0 Å². The Hall–Kier alpha value is -1.74. The Morgan fingerprint density at radius 2 is 1.89 bits per heavy atom. The van der Waals surface area contributed by atoms with Gasteiger partial charge in [-0.3, -0.25) is 4.79 Å². The molecule has 2 aromatic carbocycles. The second-order valence-corrected chi connectivity index (χ2v) is 8.88. The van der Waals surface area contributed by atoms with Crippen molar-refractivity contribution in [2.24, 2.45) is 0 Å². The average Bonchev–Trinajstić information content (AvgIpc) is 2.69. The monoisotopic (exact) mass is 468 g/mol. The molecule has 0 saturated carbocycles. The molecule has 8 heteroatoms. The van der Waals surface area contributed by atoms with Gasteiger partial charge in [-0.2, -0.15) is 0 Å². The van der Waals surface area contributed by atoms with Crippen LogP contribution in [0.25, 0.3) is 0 Å². The minimum atomic E-state index is -3.72. The maximum absolute atomic E-state index is 12.7. The second-order valence-electron chi connectivity index (χ2n) is 6.26. The molecule has 1 atom stereocenters. The quantitative estimate of drug-likeness (QED) is 0.523. The summed E-state index contributed by atoms with van der Waals surface area (Å²) in [6.45, 7) is 2.96. The zero-order valence-electron chi connectivity index (χ0n) is 15.9. The molecule has 2 rings (SSSR count). The van der Waals surface area contributed by atoms with Crippen LogP contribution in [0.5, 0.6) is 0 Å². The third-order valence-electron chi connectivity index (χ3n) is 4.36. The molecular weight excluding hydrogens is 444 g/mol. The number of hydrogen-bond acceptors (Lipinski definition) is 4. The molecule has 0 aliphatic heterocycles. The number of rotatable bonds is 10. The fraction of sp³-hybridized carbons (Fsp3) is 0.350. The highest BCUT2D eigenvalue weighted by molar-refractivity contribution is 9.10. The number of methoxy groups -OCH3 is 1. The molecule has 0 fully saturated rings. The summed E-state index contributed by atoms with van der Waals surface area (Å²) in [5.74, 6) is -0.137. The first-order chi connectivity index (χ1) is 13.4. The van der Waals surface area contributed by atoms with E-state index in [1.807, 2.05) is 30.3 Å². The van der Waals surface area contributed by atoms with Gasteiger partial charge >= 0.3 is 0 Å². The fourth-order valence-electron chi connectivity index (χ4n) is 2.74. The van der Waals surface area contributed by atoms with Crippen LogP contribution in [0, 0.1) is 0 Å². The van der Waals surface area contributed by atoms with E-state index in [9.17, 15) is 13.2 Å². The molecule has 152 valence electrons. The third kappa shape index (κ3) is 6.13. The van der Waals surface area contributed by atoms with Crippen molar-refractivity contribution in [2.75, 3.05) is 26.8 Å². The number of benzene rings is 2. The summed E-state index contributed by atoms with van der Waals surface area (Å²) in [6, 6.07) is 14.4. The van der Waals surface area contributed by atoms with Gasteiger partial charge in [-0.25, -0.2) is 13.1 Å². The number of sulfonamides is 1. The van der Waals surface area contributed by atoms with E-state index in [4.69, 9.17) is 4.74 Å². The fourth-order valence-corrected chi connectivity index (χ4v) is 4.21. The van der Waals surface area contributed by atoms with Crippen LogP contribution in [0.2, 0.25) is 0 Å². The maximum atomic E-state index is 12.7. The Balaban J connectivity index is 2.12. The molecule has 0 spiro atoms. The molecule has 0 heterocycles. The van der Waals surface area contributed by atoms with Crippen LogP contribution in [0.3, 0.4) is 0 Å². The molecule has 0 aromatic heterocycles. The highest BCUT2D eigenvalue weighted by Gasteiger charge is 2.19. The number of hydrogen-bond donors (Lipinski definition) is 2. The minimum Gasteiger partial charge on any atom is -0.383 e. The Morgan fingerprint density at radius 3 is 2.54 bits per heavy atom. The Morgan fingerprint density at radius 1 is 1.18 bits per heavy atom. The highest BCUT2D eigenvalue weighted by Crippen LogP contribution is 2.22. The first-order valence-electron chi connectivity index (χ1n) is 9.00. The Kier molecular flexibility index (Phi) is 8.62. The van der Waals surface area contributed by atoms with Gasteiger partial charge in [0.05, 0.1) is 17.1 Å². The summed E-state index contributed by atoms with van der Waals surface area (Å²) in [5.41, 5.74) is 1.43. The van der Waals surface area contributed by atoms with E-state index < -0.39 is 10.0 Å². The lowest BCUT2D eigenvalue weighted by atomic mass is 9.96. The van der Waals surface area contributed by atoms with Gasteiger partial charge in [0.1, 0.15) is 0 Å². The van der Waals surface area contributed by atoms with Crippen LogP contribution < -0.4 is 10.0 Å². The molecule has 2 aromatic rings. The van der Waals surface area contributed by atoms with Gasteiger partial charge in [0, 0.05) is 30.6 Å². The summed E-state index contributed by atoms with van der Waals surface area (Å²) in [4.78, 5) is 12.7. The molecule has 0 aliphatic carbocycles. The lowest BCUT2D eigenvalue weighted by molar-refractivity contribution is 0.0950. The van der Waals surface area contributed by atoms with Crippen molar-refractivity contribution in [2.45, 2.75) is 24.2 Å². The summed E-state index contributed by atoms with van der Waals surface area (Å²) in [5, 5.41) is 2.92. The van der Waals surface area contributed by atoms with Gasteiger partial charge in [0.2, 0.25) is 10.0 Å². The van der Waals surface area contributed by atoms with Gasteiger partial charge in [0.15, 0.2) is 0 Å².